The summed E-state index contributed by atoms with van der Waals surface area (Å²) >= 11 is 0. The molecule has 6 nitrogen and oxygen atoms in total. The van der Waals surface area contributed by atoms with E-state index in [1.165, 1.54) is 11.9 Å². The molecule has 0 radical (unpaired) electrons. The van der Waals surface area contributed by atoms with E-state index in [9.17, 15) is 0 Å². The number of benzene rings is 1. The monoisotopic (exact) mass is 314 g/mol. The summed E-state index contributed by atoms with van der Waals surface area (Å²) in [6.07, 6.45) is 2.60. The first-order valence-corrected chi connectivity index (χ1v) is 7.80. The Kier molecular flexibility index (Phi) is 5.05. The molecular formula is C17H22N4O2. The van der Waals surface area contributed by atoms with E-state index < -0.39 is 0 Å². The van der Waals surface area contributed by atoms with E-state index in [1.807, 2.05) is 18.2 Å². The minimum Gasteiger partial charge on any atom is -0.481 e. The number of ether oxygens (including phenoxy) is 2. The zero-order valence-electron chi connectivity index (χ0n) is 13.2. The summed E-state index contributed by atoms with van der Waals surface area (Å²) in [6, 6.07) is 10.4. The van der Waals surface area contributed by atoms with Crippen LogP contribution in [-0.2, 0) is 11.3 Å². The zero-order chi connectivity index (χ0) is 16.1. The Morgan fingerprint density at radius 1 is 1.30 bits per heavy atom. The molecule has 1 saturated heterocycles. The van der Waals surface area contributed by atoms with Crippen molar-refractivity contribution < 1.29 is 9.47 Å². The van der Waals surface area contributed by atoms with Gasteiger partial charge in [0.1, 0.15) is 12.1 Å². The number of nitrogens with zero attached hydrogens (tertiary/aromatic N) is 2. The lowest BCUT2D eigenvalue weighted by Gasteiger charge is -2.19. The van der Waals surface area contributed by atoms with E-state index in [0.717, 1.165) is 25.1 Å². The molecule has 0 saturated carbocycles. The molecule has 1 aliphatic rings. The van der Waals surface area contributed by atoms with Crippen LogP contribution in [-0.4, -0.2) is 30.2 Å². The number of anilines is 1. The SMILES string of the molecule is COc1ncnc(N)c1CNCC1CCOC1c1ccccc1. The fourth-order valence-electron chi connectivity index (χ4n) is 2.99. The van der Waals surface area contributed by atoms with Crippen LogP contribution < -0.4 is 15.8 Å². The van der Waals surface area contributed by atoms with Gasteiger partial charge in [-0.15, -0.1) is 0 Å². The zero-order valence-corrected chi connectivity index (χ0v) is 13.2. The molecule has 122 valence electrons. The van der Waals surface area contributed by atoms with Crippen LogP contribution in [0.4, 0.5) is 5.82 Å². The van der Waals surface area contributed by atoms with Gasteiger partial charge in [-0.3, -0.25) is 0 Å². The lowest BCUT2D eigenvalue weighted by atomic mass is 9.95. The van der Waals surface area contributed by atoms with Gasteiger partial charge < -0.3 is 20.5 Å². The quantitative estimate of drug-likeness (QED) is 0.848. The molecule has 0 bridgehead atoms. The average molecular weight is 314 g/mol. The number of nitrogens with one attached hydrogen (secondary N) is 1. The lowest BCUT2D eigenvalue weighted by Crippen LogP contribution is -2.25. The predicted octanol–water partition coefficient (Wildman–Crippen LogP) is 1.93. The second kappa shape index (κ2) is 7.39. The summed E-state index contributed by atoms with van der Waals surface area (Å²) in [7, 11) is 1.58. The number of methoxy groups -OCH3 is 1. The van der Waals surface area contributed by atoms with Gasteiger partial charge in [-0.2, -0.15) is 0 Å². The van der Waals surface area contributed by atoms with Crippen molar-refractivity contribution in [3.63, 3.8) is 0 Å². The molecule has 1 aromatic heterocycles. The maximum atomic E-state index is 5.91. The highest BCUT2D eigenvalue weighted by atomic mass is 16.5. The van der Waals surface area contributed by atoms with Gasteiger partial charge in [0.15, 0.2) is 0 Å². The third-order valence-corrected chi connectivity index (χ3v) is 4.18. The number of hydrogen-bond donors (Lipinski definition) is 2. The second-order valence-electron chi connectivity index (χ2n) is 5.63. The van der Waals surface area contributed by atoms with Gasteiger partial charge in [0.05, 0.1) is 18.8 Å². The van der Waals surface area contributed by atoms with Crippen molar-refractivity contribution in [1.82, 2.24) is 15.3 Å². The Morgan fingerprint density at radius 3 is 2.91 bits per heavy atom. The average Bonchev–Trinajstić information content (AvgIpc) is 3.05. The molecule has 2 heterocycles. The van der Waals surface area contributed by atoms with Crippen LogP contribution in [0, 0.1) is 5.92 Å². The highest BCUT2D eigenvalue weighted by Gasteiger charge is 2.29. The van der Waals surface area contributed by atoms with E-state index in [1.54, 1.807) is 7.11 Å². The number of aromatic nitrogens is 2. The molecule has 2 unspecified atom stereocenters. The lowest BCUT2D eigenvalue weighted by molar-refractivity contribution is 0.0904. The Morgan fingerprint density at radius 2 is 2.13 bits per heavy atom. The standard InChI is InChI=1S/C17H22N4O2/c1-22-17-14(16(18)20-11-21-17)10-19-9-13-7-8-23-15(13)12-5-3-2-4-6-12/h2-6,11,13,15,19H,7-10H2,1H3,(H2,18,20,21). The molecule has 1 aliphatic heterocycles. The number of hydrogen-bond acceptors (Lipinski definition) is 6. The first kappa shape index (κ1) is 15.7. The molecule has 23 heavy (non-hydrogen) atoms. The fraction of sp³-hybridized carbons (Fsp3) is 0.412. The van der Waals surface area contributed by atoms with Gasteiger partial charge >= 0.3 is 0 Å². The summed E-state index contributed by atoms with van der Waals surface area (Å²) in [5.74, 6) is 1.41. The molecule has 2 atom stereocenters. The third-order valence-electron chi connectivity index (χ3n) is 4.18. The van der Waals surface area contributed by atoms with E-state index in [-0.39, 0.29) is 6.10 Å². The topological polar surface area (TPSA) is 82.3 Å². The third kappa shape index (κ3) is 3.60. The van der Waals surface area contributed by atoms with Crippen molar-refractivity contribution in [3.8, 4) is 5.88 Å². The van der Waals surface area contributed by atoms with Crippen molar-refractivity contribution in [2.24, 2.45) is 5.92 Å². The molecule has 3 N–H and O–H groups in total. The predicted molar refractivity (Wildman–Crippen MR) is 87.9 cm³/mol. The summed E-state index contributed by atoms with van der Waals surface area (Å²) in [6.45, 7) is 2.22. The van der Waals surface area contributed by atoms with E-state index in [2.05, 4.69) is 27.4 Å². The number of nitrogens with two attached hydrogens (primary N) is 1. The van der Waals surface area contributed by atoms with Crippen LogP contribution >= 0.6 is 0 Å². The molecule has 0 spiro atoms. The molecule has 0 amide bonds. The van der Waals surface area contributed by atoms with Gasteiger partial charge in [-0.25, -0.2) is 9.97 Å². The van der Waals surface area contributed by atoms with Crippen molar-refractivity contribution in [3.05, 3.63) is 47.8 Å². The van der Waals surface area contributed by atoms with E-state index in [0.29, 0.717) is 24.2 Å². The Hall–Kier alpha value is -2.18. The first-order valence-electron chi connectivity index (χ1n) is 7.80. The minimum absolute atomic E-state index is 0.148. The van der Waals surface area contributed by atoms with Gasteiger partial charge in [0.2, 0.25) is 5.88 Å². The largest absolute Gasteiger partial charge is 0.481 e. The van der Waals surface area contributed by atoms with Crippen molar-refractivity contribution >= 4 is 5.82 Å². The molecule has 2 aromatic rings. The van der Waals surface area contributed by atoms with Gasteiger partial charge in [0.25, 0.3) is 0 Å². The minimum atomic E-state index is 0.148. The molecule has 0 aliphatic carbocycles. The maximum Gasteiger partial charge on any atom is 0.222 e. The van der Waals surface area contributed by atoms with Crippen molar-refractivity contribution in [2.75, 3.05) is 26.0 Å². The summed E-state index contributed by atoms with van der Waals surface area (Å²) in [4.78, 5) is 8.12. The molecule has 6 heteroatoms. The van der Waals surface area contributed by atoms with Crippen LogP contribution in [0.2, 0.25) is 0 Å². The van der Waals surface area contributed by atoms with Crippen LogP contribution in [0.15, 0.2) is 36.7 Å². The molecule has 1 fully saturated rings. The summed E-state index contributed by atoms with van der Waals surface area (Å²) in [5.41, 5.74) is 7.94. The highest BCUT2D eigenvalue weighted by Crippen LogP contribution is 2.34. The molecule has 3 rings (SSSR count). The van der Waals surface area contributed by atoms with Gasteiger partial charge in [-0.1, -0.05) is 30.3 Å². The van der Waals surface area contributed by atoms with Crippen molar-refractivity contribution in [1.29, 1.82) is 0 Å². The smallest absolute Gasteiger partial charge is 0.222 e. The van der Waals surface area contributed by atoms with E-state index in [4.69, 9.17) is 15.2 Å². The van der Waals surface area contributed by atoms with E-state index >= 15 is 0 Å². The highest BCUT2D eigenvalue weighted by molar-refractivity contribution is 5.44. The fourth-order valence-corrected chi connectivity index (χ4v) is 2.99. The van der Waals surface area contributed by atoms with Crippen LogP contribution in [0.3, 0.4) is 0 Å². The van der Waals surface area contributed by atoms with Crippen molar-refractivity contribution in [2.45, 2.75) is 19.1 Å². The normalized spacial score (nSPS) is 20.6. The van der Waals surface area contributed by atoms with Crippen LogP contribution in [0.25, 0.3) is 0 Å². The van der Waals surface area contributed by atoms with Gasteiger partial charge in [0, 0.05) is 25.6 Å². The number of rotatable bonds is 6. The summed E-state index contributed by atoms with van der Waals surface area (Å²) < 4.78 is 11.2. The number of nitrogen functional groups attached to an aromatic ring is 1. The Balaban J connectivity index is 1.60. The Bertz CT molecular complexity index is 636. The van der Waals surface area contributed by atoms with Crippen LogP contribution in [0.1, 0.15) is 23.7 Å². The van der Waals surface area contributed by atoms with Crippen LogP contribution in [0.5, 0.6) is 5.88 Å². The summed E-state index contributed by atoms with van der Waals surface area (Å²) in [5, 5.41) is 3.44. The first-order chi connectivity index (χ1) is 11.3. The Labute approximate surface area is 136 Å². The molecular weight excluding hydrogens is 292 g/mol. The second-order valence-corrected chi connectivity index (χ2v) is 5.63. The molecule has 1 aromatic carbocycles. The van der Waals surface area contributed by atoms with Gasteiger partial charge in [-0.05, 0) is 12.0 Å². The maximum absolute atomic E-state index is 5.91.